The molecule has 2 N–H and O–H groups in total. The van der Waals surface area contributed by atoms with Gasteiger partial charge in [-0.3, -0.25) is 4.79 Å². The zero-order valence-electron chi connectivity index (χ0n) is 15.6. The van der Waals surface area contributed by atoms with E-state index in [9.17, 15) is 4.79 Å². The van der Waals surface area contributed by atoms with Crippen LogP contribution in [0.5, 0.6) is 5.75 Å². The van der Waals surface area contributed by atoms with Gasteiger partial charge in [0.25, 0.3) is 5.91 Å². The number of benzene rings is 3. The van der Waals surface area contributed by atoms with Crippen molar-refractivity contribution in [3.05, 3.63) is 86.9 Å². The minimum Gasteiger partial charge on any atom is -0.482 e. The summed E-state index contributed by atoms with van der Waals surface area (Å²) >= 11 is 18.2. The van der Waals surface area contributed by atoms with E-state index in [0.717, 1.165) is 22.5 Å². The van der Waals surface area contributed by atoms with E-state index in [2.05, 4.69) is 10.6 Å². The summed E-state index contributed by atoms with van der Waals surface area (Å²) in [5.41, 5.74) is 3.60. The topological polar surface area (TPSA) is 50.4 Å². The molecule has 7 heteroatoms. The predicted octanol–water partition coefficient (Wildman–Crippen LogP) is 6.58. The maximum Gasteiger partial charge on any atom is 0.262 e. The number of halogens is 3. The molecule has 0 atom stereocenters. The highest BCUT2D eigenvalue weighted by Crippen LogP contribution is 2.27. The Morgan fingerprint density at radius 2 is 1.72 bits per heavy atom. The Kier molecular flexibility index (Phi) is 7.26. The monoisotopic (exact) mass is 448 g/mol. The maximum atomic E-state index is 12.1. The summed E-state index contributed by atoms with van der Waals surface area (Å²) in [5, 5.41) is 7.47. The van der Waals surface area contributed by atoms with Crippen molar-refractivity contribution in [3.63, 3.8) is 0 Å². The minimum absolute atomic E-state index is 0.130. The molecule has 3 aromatic rings. The molecule has 150 valence electrons. The smallest absolute Gasteiger partial charge is 0.262 e. The molecule has 0 aliphatic rings. The number of aryl methyl sites for hydroxylation is 1. The van der Waals surface area contributed by atoms with Crippen molar-refractivity contribution in [2.24, 2.45) is 0 Å². The summed E-state index contributed by atoms with van der Waals surface area (Å²) < 4.78 is 5.55. The van der Waals surface area contributed by atoms with Gasteiger partial charge in [-0.2, -0.15) is 0 Å². The number of carbonyl (C=O) groups excluding carboxylic acids is 1. The summed E-state index contributed by atoms with van der Waals surface area (Å²) in [4.78, 5) is 12.1. The molecule has 0 heterocycles. The first-order valence-electron chi connectivity index (χ1n) is 8.87. The van der Waals surface area contributed by atoms with Crippen molar-refractivity contribution in [1.29, 1.82) is 0 Å². The zero-order valence-corrected chi connectivity index (χ0v) is 17.9. The van der Waals surface area contributed by atoms with E-state index in [1.807, 2.05) is 43.3 Å². The fourth-order valence-electron chi connectivity index (χ4n) is 2.64. The van der Waals surface area contributed by atoms with Crippen LogP contribution in [0.3, 0.4) is 0 Å². The molecule has 0 aliphatic carbocycles. The van der Waals surface area contributed by atoms with E-state index in [0.29, 0.717) is 27.4 Å². The first-order chi connectivity index (χ1) is 13.9. The van der Waals surface area contributed by atoms with Crippen molar-refractivity contribution in [3.8, 4) is 5.75 Å². The van der Waals surface area contributed by atoms with Crippen LogP contribution < -0.4 is 15.4 Å². The average Bonchev–Trinajstić information content (AvgIpc) is 2.68. The molecule has 0 bridgehead atoms. The molecule has 4 nitrogen and oxygen atoms in total. The lowest BCUT2D eigenvalue weighted by Crippen LogP contribution is -2.20. The molecule has 3 rings (SSSR count). The van der Waals surface area contributed by atoms with Crippen molar-refractivity contribution in [1.82, 2.24) is 0 Å². The first-order valence-corrected chi connectivity index (χ1v) is 10.0. The molecular formula is C22H19Cl3N2O2. The van der Waals surface area contributed by atoms with E-state index >= 15 is 0 Å². The molecular weight excluding hydrogens is 431 g/mol. The molecule has 0 radical (unpaired) electrons. The molecule has 0 spiro atoms. The summed E-state index contributed by atoms with van der Waals surface area (Å²) in [6, 6.07) is 18.3. The molecule has 3 aromatic carbocycles. The number of hydrogen-bond donors (Lipinski definition) is 2. The van der Waals surface area contributed by atoms with Gasteiger partial charge in [0.2, 0.25) is 0 Å². The van der Waals surface area contributed by atoms with Crippen LogP contribution in [-0.4, -0.2) is 12.5 Å². The van der Waals surface area contributed by atoms with E-state index in [1.54, 1.807) is 24.3 Å². The fraction of sp³-hybridized carbons (Fsp3) is 0.136. The van der Waals surface area contributed by atoms with Crippen molar-refractivity contribution < 1.29 is 9.53 Å². The molecule has 0 unspecified atom stereocenters. The predicted molar refractivity (Wildman–Crippen MR) is 121 cm³/mol. The second-order valence-electron chi connectivity index (χ2n) is 6.45. The third kappa shape index (κ3) is 6.29. The minimum atomic E-state index is -0.253. The van der Waals surface area contributed by atoms with Gasteiger partial charge in [-0.25, -0.2) is 0 Å². The Morgan fingerprint density at radius 3 is 2.45 bits per heavy atom. The van der Waals surface area contributed by atoms with Crippen LogP contribution >= 0.6 is 34.8 Å². The standard InChI is InChI=1S/C22H19Cl3N2O2/c1-14-3-2-4-17(9-14)27-22(28)13-29-21-8-5-15(10-20(21)25)12-26-16-6-7-18(23)19(24)11-16/h2-11,26H,12-13H2,1H3,(H,27,28). The van der Waals surface area contributed by atoms with Crippen molar-refractivity contribution >= 4 is 52.1 Å². The number of rotatable bonds is 7. The van der Waals surface area contributed by atoms with Gasteiger partial charge in [-0.1, -0.05) is 53.0 Å². The van der Waals surface area contributed by atoms with Gasteiger partial charge in [-0.05, 0) is 60.5 Å². The second-order valence-corrected chi connectivity index (χ2v) is 7.68. The van der Waals surface area contributed by atoms with E-state index in [1.165, 1.54) is 0 Å². The highest BCUT2D eigenvalue weighted by Gasteiger charge is 2.08. The SMILES string of the molecule is Cc1cccc(NC(=O)COc2ccc(CNc3ccc(Cl)c(Cl)c3)cc2Cl)c1. The summed E-state index contributed by atoms with van der Waals surface area (Å²) in [7, 11) is 0. The van der Waals surface area contributed by atoms with Gasteiger partial charge in [0, 0.05) is 17.9 Å². The lowest BCUT2D eigenvalue weighted by Gasteiger charge is -2.11. The summed E-state index contributed by atoms with van der Waals surface area (Å²) in [5.74, 6) is 0.196. The van der Waals surface area contributed by atoms with Gasteiger partial charge in [-0.15, -0.1) is 0 Å². The van der Waals surface area contributed by atoms with Gasteiger partial charge >= 0.3 is 0 Å². The highest BCUT2D eigenvalue weighted by atomic mass is 35.5. The van der Waals surface area contributed by atoms with Gasteiger partial charge in [0.05, 0.1) is 15.1 Å². The van der Waals surface area contributed by atoms with Gasteiger partial charge in [0.15, 0.2) is 6.61 Å². The van der Waals surface area contributed by atoms with Crippen LogP contribution in [0, 0.1) is 6.92 Å². The molecule has 0 saturated heterocycles. The molecule has 0 saturated carbocycles. The largest absolute Gasteiger partial charge is 0.482 e. The van der Waals surface area contributed by atoms with Crippen LogP contribution in [-0.2, 0) is 11.3 Å². The van der Waals surface area contributed by atoms with Crippen LogP contribution in [0.1, 0.15) is 11.1 Å². The normalized spacial score (nSPS) is 10.5. The Morgan fingerprint density at radius 1 is 0.897 bits per heavy atom. The van der Waals surface area contributed by atoms with Gasteiger partial charge in [0.1, 0.15) is 5.75 Å². The molecule has 1 amide bonds. The lowest BCUT2D eigenvalue weighted by atomic mass is 10.2. The van der Waals surface area contributed by atoms with Gasteiger partial charge < -0.3 is 15.4 Å². The number of nitrogens with one attached hydrogen (secondary N) is 2. The third-order valence-corrected chi connectivity index (χ3v) is 5.11. The number of carbonyl (C=O) groups is 1. The second kappa shape index (κ2) is 9.88. The zero-order chi connectivity index (χ0) is 20.8. The Hall–Kier alpha value is -2.40. The van der Waals surface area contributed by atoms with E-state index < -0.39 is 0 Å². The fourth-order valence-corrected chi connectivity index (χ4v) is 3.20. The maximum absolute atomic E-state index is 12.1. The first kappa shape index (κ1) is 21.3. The third-order valence-electron chi connectivity index (χ3n) is 4.07. The van der Waals surface area contributed by atoms with Crippen molar-refractivity contribution in [2.75, 3.05) is 17.2 Å². The number of hydrogen-bond acceptors (Lipinski definition) is 3. The van der Waals surface area contributed by atoms with E-state index in [-0.39, 0.29) is 12.5 Å². The van der Waals surface area contributed by atoms with E-state index in [4.69, 9.17) is 39.5 Å². The van der Waals surface area contributed by atoms with Crippen molar-refractivity contribution in [2.45, 2.75) is 13.5 Å². The average molecular weight is 450 g/mol. The Bertz CT molecular complexity index is 1020. The summed E-state index contributed by atoms with van der Waals surface area (Å²) in [6.45, 7) is 2.38. The van der Waals surface area contributed by atoms with Crippen LogP contribution in [0.25, 0.3) is 0 Å². The van der Waals surface area contributed by atoms with Crippen LogP contribution in [0.2, 0.25) is 15.1 Å². The van der Waals surface area contributed by atoms with Crippen LogP contribution in [0.15, 0.2) is 60.7 Å². The molecule has 29 heavy (non-hydrogen) atoms. The van der Waals surface area contributed by atoms with Crippen LogP contribution in [0.4, 0.5) is 11.4 Å². The lowest BCUT2D eigenvalue weighted by molar-refractivity contribution is -0.118. The highest BCUT2D eigenvalue weighted by molar-refractivity contribution is 6.42. The number of ether oxygens (including phenoxy) is 1. The quantitative estimate of drug-likeness (QED) is 0.428. The number of amides is 1. The number of anilines is 2. The Labute approximate surface area is 184 Å². The summed E-state index contributed by atoms with van der Waals surface area (Å²) in [6.07, 6.45) is 0. The Balaban J connectivity index is 1.53. The molecule has 0 aliphatic heterocycles. The molecule has 0 aromatic heterocycles. The molecule has 0 fully saturated rings.